The molecule has 1 aromatic carbocycles. The van der Waals surface area contributed by atoms with Crippen molar-refractivity contribution in [2.24, 2.45) is 5.10 Å². The van der Waals surface area contributed by atoms with Crippen LogP contribution in [0.3, 0.4) is 0 Å². The molecule has 0 bridgehead atoms. The Labute approximate surface area is 151 Å². The molecule has 11 nitrogen and oxygen atoms in total. The molecule has 1 aliphatic rings. The van der Waals surface area contributed by atoms with Gasteiger partial charge in [0.1, 0.15) is 24.7 Å². The second-order valence-electron chi connectivity index (χ2n) is 5.64. The third-order valence-corrected chi connectivity index (χ3v) is 3.83. The van der Waals surface area contributed by atoms with E-state index in [4.69, 9.17) is 14.9 Å². The minimum Gasteiger partial charge on any atom is -0.457 e. The fourth-order valence-electron chi connectivity index (χ4n) is 2.53. The zero-order valence-corrected chi connectivity index (χ0v) is 13.8. The van der Waals surface area contributed by atoms with Crippen molar-refractivity contribution in [1.82, 2.24) is 25.6 Å². The highest BCUT2D eigenvalue weighted by Gasteiger charge is 2.21. The van der Waals surface area contributed by atoms with Crippen LogP contribution in [-0.2, 0) is 22.7 Å². The Balaban J connectivity index is 1.39. The zero-order chi connectivity index (χ0) is 18.8. The van der Waals surface area contributed by atoms with Crippen LogP contribution in [0.2, 0.25) is 0 Å². The van der Waals surface area contributed by atoms with Gasteiger partial charge in [-0.25, -0.2) is 14.9 Å². The van der Waals surface area contributed by atoms with Gasteiger partial charge in [-0.3, -0.25) is 4.79 Å². The molecule has 0 saturated heterocycles. The number of amides is 1. The number of aromatic nitrogens is 4. The smallest absolute Gasteiger partial charge is 0.338 e. The number of nitrogens with two attached hydrogens (primary N) is 1. The van der Waals surface area contributed by atoms with E-state index < -0.39 is 5.91 Å². The summed E-state index contributed by atoms with van der Waals surface area (Å²) >= 11 is 0. The first-order valence-electron chi connectivity index (χ1n) is 7.84. The summed E-state index contributed by atoms with van der Waals surface area (Å²) < 4.78 is 11.8. The van der Waals surface area contributed by atoms with Crippen LogP contribution in [0.4, 0.5) is 5.95 Å². The van der Waals surface area contributed by atoms with E-state index in [2.05, 4.69) is 26.1 Å². The number of benzene rings is 1. The molecular weight excluding hydrogens is 354 g/mol. The summed E-state index contributed by atoms with van der Waals surface area (Å²) in [5.74, 6) is 0.320. The van der Waals surface area contributed by atoms with Crippen molar-refractivity contribution >= 4 is 24.0 Å². The molecule has 0 spiro atoms. The molecule has 136 valence electrons. The zero-order valence-electron chi connectivity index (χ0n) is 13.8. The number of ether oxygens (including phenoxy) is 1. The molecule has 2 aromatic heterocycles. The Hall–Kier alpha value is -4.02. The maximum Gasteiger partial charge on any atom is 0.338 e. The molecule has 11 heteroatoms. The second-order valence-corrected chi connectivity index (χ2v) is 5.64. The number of fused-ring (bicyclic) bond motifs is 1. The van der Waals surface area contributed by atoms with E-state index >= 15 is 0 Å². The van der Waals surface area contributed by atoms with Crippen molar-refractivity contribution in [1.29, 1.82) is 0 Å². The summed E-state index contributed by atoms with van der Waals surface area (Å²) in [5.41, 5.74) is 10.00. The molecule has 0 unspecified atom stereocenters. The van der Waals surface area contributed by atoms with Gasteiger partial charge in [0.25, 0.3) is 5.91 Å². The minimum atomic E-state index is -0.444. The van der Waals surface area contributed by atoms with E-state index in [1.54, 1.807) is 24.3 Å². The third-order valence-electron chi connectivity index (χ3n) is 3.83. The van der Waals surface area contributed by atoms with Crippen LogP contribution in [0.15, 0.2) is 39.9 Å². The molecule has 0 saturated carbocycles. The van der Waals surface area contributed by atoms with E-state index in [0.717, 1.165) is 15.8 Å². The molecule has 0 radical (unpaired) electrons. The number of hydrazone groups is 1. The van der Waals surface area contributed by atoms with E-state index in [1.807, 2.05) is 6.07 Å². The van der Waals surface area contributed by atoms with Crippen LogP contribution in [0.25, 0.3) is 11.3 Å². The Morgan fingerprint density at radius 3 is 3.07 bits per heavy atom. The van der Waals surface area contributed by atoms with Gasteiger partial charge in [-0.15, -0.1) is 0 Å². The summed E-state index contributed by atoms with van der Waals surface area (Å²) in [6.07, 6.45) is 1.37. The molecule has 3 N–H and O–H groups in total. The predicted octanol–water partition coefficient (Wildman–Crippen LogP) is 0.336. The summed E-state index contributed by atoms with van der Waals surface area (Å²) in [4.78, 5) is 23.2. The van der Waals surface area contributed by atoms with Crippen molar-refractivity contribution in [2.45, 2.75) is 13.2 Å². The summed E-state index contributed by atoms with van der Waals surface area (Å²) in [7, 11) is 0. The summed E-state index contributed by atoms with van der Waals surface area (Å²) in [5, 5.41) is 14.2. The highest BCUT2D eigenvalue weighted by atomic mass is 16.5. The number of anilines is 1. The largest absolute Gasteiger partial charge is 0.457 e. The van der Waals surface area contributed by atoms with Crippen LogP contribution in [0.5, 0.6) is 0 Å². The third kappa shape index (κ3) is 3.38. The molecule has 3 heterocycles. The average Bonchev–Trinajstić information content (AvgIpc) is 3.37. The lowest BCUT2D eigenvalue weighted by Gasteiger charge is -2.00. The molecular formula is C16H13N7O4. The van der Waals surface area contributed by atoms with E-state index in [9.17, 15) is 9.59 Å². The molecule has 0 atom stereocenters. The topological polar surface area (TPSA) is 151 Å². The summed E-state index contributed by atoms with van der Waals surface area (Å²) in [6, 6.07) is 8.81. The predicted molar refractivity (Wildman–Crippen MR) is 91.2 cm³/mol. The van der Waals surface area contributed by atoms with Gasteiger partial charge in [-0.1, -0.05) is 11.2 Å². The van der Waals surface area contributed by atoms with E-state index in [0.29, 0.717) is 17.1 Å². The van der Waals surface area contributed by atoms with E-state index in [1.165, 1.54) is 6.21 Å². The van der Waals surface area contributed by atoms with Gasteiger partial charge >= 0.3 is 5.97 Å². The number of esters is 1. The normalized spacial score (nSPS) is 13.0. The highest BCUT2D eigenvalue weighted by Crippen LogP contribution is 2.27. The monoisotopic (exact) mass is 367 g/mol. The summed E-state index contributed by atoms with van der Waals surface area (Å²) in [6.45, 7) is 0.102. The lowest BCUT2D eigenvalue weighted by molar-refractivity contribution is -0.121. The van der Waals surface area contributed by atoms with Crippen molar-refractivity contribution < 1.29 is 18.7 Å². The standard InChI is InChI=1S/C16H13N7O4/c17-16-20-21-22-23(16)7-14(24)19-18-6-11-2-4-13(27-11)9-1-3-12-10(5-9)8-26-15(12)25/h1-6H,7-8H2,(H,19,24)(H2,17,20,22)/b18-6-. The highest BCUT2D eigenvalue weighted by molar-refractivity contribution is 5.94. The fourth-order valence-corrected chi connectivity index (χ4v) is 2.53. The number of rotatable bonds is 5. The fraction of sp³-hybridized carbons (Fsp3) is 0.125. The molecule has 1 aliphatic heterocycles. The molecule has 1 amide bonds. The first-order valence-corrected chi connectivity index (χ1v) is 7.84. The van der Waals surface area contributed by atoms with Crippen LogP contribution >= 0.6 is 0 Å². The Morgan fingerprint density at radius 2 is 2.26 bits per heavy atom. The number of nitrogens with zero attached hydrogens (tertiary/aromatic N) is 5. The average molecular weight is 367 g/mol. The lowest BCUT2D eigenvalue weighted by Crippen LogP contribution is -2.24. The SMILES string of the molecule is Nc1nnnn1CC(=O)N/N=C\c1ccc(-c2ccc3c(c2)COC3=O)o1. The van der Waals surface area contributed by atoms with Gasteiger partial charge in [0.2, 0.25) is 5.95 Å². The first-order chi connectivity index (χ1) is 13.1. The molecule has 0 fully saturated rings. The Bertz CT molecular complexity index is 1050. The van der Waals surface area contributed by atoms with Crippen molar-refractivity contribution in [3.05, 3.63) is 47.2 Å². The molecule has 0 aliphatic carbocycles. The van der Waals surface area contributed by atoms with E-state index in [-0.39, 0.29) is 25.1 Å². The second kappa shape index (κ2) is 6.71. The number of carbonyl (C=O) groups is 2. The van der Waals surface area contributed by atoms with Crippen molar-refractivity contribution in [2.75, 3.05) is 5.73 Å². The minimum absolute atomic E-state index is 0.0336. The van der Waals surface area contributed by atoms with Gasteiger partial charge in [-0.05, 0) is 34.7 Å². The van der Waals surface area contributed by atoms with Gasteiger partial charge < -0.3 is 14.9 Å². The van der Waals surface area contributed by atoms with Crippen LogP contribution in [0.1, 0.15) is 21.7 Å². The number of nitrogen functional groups attached to an aromatic ring is 1. The number of hydrogen-bond donors (Lipinski definition) is 2. The molecule has 3 aromatic rings. The van der Waals surface area contributed by atoms with Gasteiger partial charge in [0.05, 0.1) is 11.8 Å². The molecule has 4 rings (SSSR count). The van der Waals surface area contributed by atoms with Gasteiger partial charge in [-0.2, -0.15) is 5.10 Å². The maximum atomic E-state index is 11.7. The number of hydrogen-bond acceptors (Lipinski definition) is 9. The molecule has 27 heavy (non-hydrogen) atoms. The first kappa shape index (κ1) is 16.4. The number of carbonyl (C=O) groups excluding carboxylic acids is 2. The Morgan fingerprint density at radius 1 is 1.37 bits per heavy atom. The maximum absolute atomic E-state index is 11.7. The van der Waals surface area contributed by atoms with Crippen LogP contribution < -0.4 is 11.2 Å². The van der Waals surface area contributed by atoms with Gasteiger partial charge in [0.15, 0.2) is 0 Å². The van der Waals surface area contributed by atoms with Crippen molar-refractivity contribution in [3.8, 4) is 11.3 Å². The van der Waals surface area contributed by atoms with Crippen molar-refractivity contribution in [3.63, 3.8) is 0 Å². The Kier molecular flexibility index (Phi) is 4.09. The number of furan rings is 1. The number of cyclic esters (lactones) is 1. The quantitative estimate of drug-likeness (QED) is 0.372. The number of tetrazole rings is 1. The number of nitrogens with one attached hydrogen (secondary N) is 1. The van der Waals surface area contributed by atoms with Crippen LogP contribution in [0, 0.1) is 0 Å². The lowest BCUT2D eigenvalue weighted by atomic mass is 10.0. The van der Waals surface area contributed by atoms with Crippen LogP contribution in [-0.4, -0.2) is 38.3 Å². The van der Waals surface area contributed by atoms with Gasteiger partial charge in [0, 0.05) is 11.1 Å².